The van der Waals surface area contributed by atoms with Gasteiger partial charge in [-0.1, -0.05) is 13.0 Å². The van der Waals surface area contributed by atoms with Crippen molar-refractivity contribution < 1.29 is 18.7 Å². The van der Waals surface area contributed by atoms with Crippen LogP contribution in [0, 0.1) is 5.82 Å². The van der Waals surface area contributed by atoms with Gasteiger partial charge in [0.2, 0.25) is 0 Å². The third-order valence-corrected chi connectivity index (χ3v) is 5.66. The normalized spacial score (nSPS) is 14.4. The van der Waals surface area contributed by atoms with Gasteiger partial charge in [-0.25, -0.2) is 14.4 Å². The van der Waals surface area contributed by atoms with Gasteiger partial charge in [-0.05, 0) is 31.4 Å². The summed E-state index contributed by atoms with van der Waals surface area (Å²) in [7, 11) is 0. The van der Waals surface area contributed by atoms with E-state index >= 15 is 0 Å². The summed E-state index contributed by atoms with van der Waals surface area (Å²) in [4.78, 5) is 20.5. The molecular formula is C23H23FN6O3. The molecule has 9 nitrogen and oxygen atoms in total. The van der Waals surface area contributed by atoms with E-state index in [0.29, 0.717) is 59.4 Å². The highest BCUT2D eigenvalue weighted by molar-refractivity contribution is 5.88. The second-order valence-corrected chi connectivity index (χ2v) is 7.87. The first-order valence-corrected chi connectivity index (χ1v) is 10.8. The Bertz CT molecular complexity index is 1320. The van der Waals surface area contributed by atoms with E-state index in [1.54, 1.807) is 24.3 Å². The number of carbonyl (C=O) groups is 1. The fourth-order valence-electron chi connectivity index (χ4n) is 4.06. The van der Waals surface area contributed by atoms with Crippen molar-refractivity contribution in [2.45, 2.75) is 38.8 Å². The number of hydrogen-bond donors (Lipinski definition) is 2. The van der Waals surface area contributed by atoms with E-state index < -0.39 is 17.8 Å². The summed E-state index contributed by atoms with van der Waals surface area (Å²) in [6.45, 7) is 3.10. The Hall–Kier alpha value is -3.95. The molecule has 1 aliphatic heterocycles. The summed E-state index contributed by atoms with van der Waals surface area (Å²) in [6, 6.07) is 8.40. The van der Waals surface area contributed by atoms with Crippen molar-refractivity contribution >= 4 is 16.9 Å². The highest BCUT2D eigenvalue weighted by Gasteiger charge is 2.22. The summed E-state index contributed by atoms with van der Waals surface area (Å²) < 4.78 is 28.8. The number of nitrogens with two attached hydrogens (primary N) is 1. The van der Waals surface area contributed by atoms with Crippen molar-refractivity contribution in [2.24, 2.45) is 5.73 Å². The average Bonchev–Trinajstić information content (AvgIpc) is 3.43. The van der Waals surface area contributed by atoms with Crippen LogP contribution >= 0.6 is 0 Å². The number of primary amides is 1. The lowest BCUT2D eigenvalue weighted by atomic mass is 10.1. The minimum Gasteiger partial charge on any atom is -0.491 e. The van der Waals surface area contributed by atoms with E-state index in [0.717, 1.165) is 18.4 Å². The fraction of sp³-hybridized carbons (Fsp3) is 0.304. The standard InChI is InChI=1S/C23H23FN6O3/c1-2-18(21(25)31)33-14-10-17-20-19(11-14)32-8-4-3-7-30(20)23(28-17)13-5-6-15(16(24)9-13)22-26-12-27-29-22/h5-6,9-12,18H,2-4,7-8H2,1H3,(H2,25,31)(H,26,27,29)/t18-/m0/s1. The molecule has 1 amide bonds. The van der Waals surface area contributed by atoms with E-state index in [1.165, 1.54) is 12.4 Å². The average molecular weight is 450 g/mol. The molecule has 0 fully saturated rings. The Labute approximate surface area is 188 Å². The quantitative estimate of drug-likeness (QED) is 0.464. The lowest BCUT2D eigenvalue weighted by Gasteiger charge is -2.18. The van der Waals surface area contributed by atoms with Crippen LogP contribution in [0.4, 0.5) is 4.39 Å². The first-order valence-electron chi connectivity index (χ1n) is 10.8. The number of nitrogens with one attached hydrogen (secondary N) is 1. The molecule has 2 aromatic carbocycles. The van der Waals surface area contributed by atoms with Crippen LogP contribution in [0.15, 0.2) is 36.7 Å². The van der Waals surface area contributed by atoms with Gasteiger partial charge in [-0.3, -0.25) is 9.89 Å². The molecule has 0 bridgehead atoms. The summed E-state index contributed by atoms with van der Waals surface area (Å²) in [5, 5.41) is 6.55. The predicted molar refractivity (Wildman–Crippen MR) is 119 cm³/mol. The van der Waals surface area contributed by atoms with Crippen LogP contribution in [0.5, 0.6) is 11.5 Å². The maximum absolute atomic E-state index is 14.9. The van der Waals surface area contributed by atoms with Crippen LogP contribution in [0.3, 0.4) is 0 Å². The first kappa shape index (κ1) is 20.9. The molecule has 0 aliphatic carbocycles. The van der Waals surface area contributed by atoms with Crippen LogP contribution in [0.2, 0.25) is 0 Å². The Kier molecular flexibility index (Phi) is 5.41. The number of halogens is 1. The number of amides is 1. The van der Waals surface area contributed by atoms with Gasteiger partial charge >= 0.3 is 0 Å². The summed E-state index contributed by atoms with van der Waals surface area (Å²) >= 11 is 0. The molecule has 5 rings (SSSR count). The molecule has 0 radical (unpaired) electrons. The Morgan fingerprint density at radius 3 is 2.94 bits per heavy atom. The molecule has 2 aromatic heterocycles. The molecule has 0 spiro atoms. The van der Waals surface area contributed by atoms with Gasteiger partial charge in [0.15, 0.2) is 11.9 Å². The molecule has 0 saturated heterocycles. The van der Waals surface area contributed by atoms with Gasteiger partial charge < -0.3 is 19.8 Å². The SMILES string of the molecule is CC[C@H](Oc1cc2c3c(c1)nc(-c1ccc(-c4nc[nH]n4)c(F)c1)n3CCCCO2)C(N)=O. The summed E-state index contributed by atoms with van der Waals surface area (Å²) in [6.07, 6.45) is 2.86. The number of aryl methyl sites for hydroxylation is 1. The van der Waals surface area contributed by atoms with Gasteiger partial charge in [0.25, 0.3) is 5.91 Å². The van der Waals surface area contributed by atoms with Gasteiger partial charge in [0.05, 0.1) is 17.7 Å². The van der Waals surface area contributed by atoms with E-state index in [1.807, 2.05) is 11.5 Å². The molecule has 3 heterocycles. The number of nitrogens with zero attached hydrogens (tertiary/aromatic N) is 4. The number of hydrogen-bond acceptors (Lipinski definition) is 6. The van der Waals surface area contributed by atoms with Gasteiger partial charge in [0.1, 0.15) is 35.0 Å². The van der Waals surface area contributed by atoms with Crippen molar-refractivity contribution in [3.8, 4) is 34.3 Å². The van der Waals surface area contributed by atoms with Crippen LogP contribution in [-0.4, -0.2) is 43.4 Å². The molecule has 0 saturated carbocycles. The Balaban J connectivity index is 1.62. The van der Waals surface area contributed by atoms with Crippen molar-refractivity contribution in [2.75, 3.05) is 6.61 Å². The molecule has 170 valence electrons. The highest BCUT2D eigenvalue weighted by atomic mass is 19.1. The lowest BCUT2D eigenvalue weighted by Crippen LogP contribution is -2.32. The number of aromatic nitrogens is 5. The minimum atomic E-state index is -0.748. The van der Waals surface area contributed by atoms with E-state index in [4.69, 9.17) is 20.2 Å². The van der Waals surface area contributed by atoms with Crippen LogP contribution in [0.25, 0.3) is 33.8 Å². The lowest BCUT2D eigenvalue weighted by molar-refractivity contribution is -0.124. The molecule has 33 heavy (non-hydrogen) atoms. The van der Waals surface area contributed by atoms with E-state index in [9.17, 15) is 9.18 Å². The van der Waals surface area contributed by atoms with Crippen molar-refractivity contribution in [1.82, 2.24) is 24.7 Å². The second-order valence-electron chi connectivity index (χ2n) is 7.87. The zero-order valence-corrected chi connectivity index (χ0v) is 18.0. The molecule has 0 unspecified atom stereocenters. The van der Waals surface area contributed by atoms with Gasteiger partial charge in [0, 0.05) is 24.2 Å². The number of carbonyl (C=O) groups excluding carboxylic acids is 1. The third kappa shape index (κ3) is 3.88. The molecule has 10 heteroatoms. The van der Waals surface area contributed by atoms with E-state index in [2.05, 4.69) is 15.2 Å². The number of aromatic amines is 1. The molecule has 1 atom stereocenters. The highest BCUT2D eigenvalue weighted by Crippen LogP contribution is 2.37. The number of benzene rings is 2. The van der Waals surface area contributed by atoms with Crippen molar-refractivity contribution in [3.63, 3.8) is 0 Å². The number of rotatable bonds is 6. The fourth-order valence-corrected chi connectivity index (χ4v) is 4.06. The number of H-pyrrole nitrogens is 1. The monoisotopic (exact) mass is 450 g/mol. The maximum atomic E-state index is 14.9. The summed E-state index contributed by atoms with van der Waals surface area (Å²) in [5.41, 5.74) is 7.82. The molecule has 4 aromatic rings. The van der Waals surface area contributed by atoms with Gasteiger partial charge in [-0.2, -0.15) is 5.10 Å². The second kappa shape index (κ2) is 8.53. The predicted octanol–water partition coefficient (Wildman–Crippen LogP) is 3.44. The Morgan fingerprint density at radius 2 is 2.21 bits per heavy atom. The minimum absolute atomic E-state index is 0.291. The largest absolute Gasteiger partial charge is 0.491 e. The van der Waals surface area contributed by atoms with Crippen LogP contribution in [-0.2, 0) is 11.3 Å². The number of ether oxygens (including phenoxy) is 2. The molecular weight excluding hydrogens is 427 g/mol. The molecule has 3 N–H and O–H groups in total. The maximum Gasteiger partial charge on any atom is 0.258 e. The van der Waals surface area contributed by atoms with Crippen molar-refractivity contribution in [3.05, 3.63) is 42.5 Å². The smallest absolute Gasteiger partial charge is 0.258 e. The number of imidazole rings is 1. The zero-order valence-electron chi connectivity index (χ0n) is 18.0. The van der Waals surface area contributed by atoms with Gasteiger partial charge in [-0.15, -0.1) is 0 Å². The van der Waals surface area contributed by atoms with Crippen LogP contribution < -0.4 is 15.2 Å². The van der Waals surface area contributed by atoms with E-state index in [-0.39, 0.29) is 0 Å². The van der Waals surface area contributed by atoms with Crippen molar-refractivity contribution in [1.29, 1.82) is 0 Å². The van der Waals surface area contributed by atoms with Crippen LogP contribution in [0.1, 0.15) is 26.2 Å². The zero-order chi connectivity index (χ0) is 22.9. The third-order valence-electron chi connectivity index (χ3n) is 5.66. The Morgan fingerprint density at radius 1 is 1.33 bits per heavy atom. The topological polar surface area (TPSA) is 121 Å². The summed E-state index contributed by atoms with van der Waals surface area (Å²) in [5.74, 6) is 1.000. The molecule has 1 aliphatic rings. The first-order chi connectivity index (χ1) is 16.0.